The summed E-state index contributed by atoms with van der Waals surface area (Å²) in [6.07, 6.45) is 3.75. The zero-order valence-corrected chi connectivity index (χ0v) is 11.0. The molecule has 104 valence electrons. The van der Waals surface area contributed by atoms with E-state index in [-0.39, 0.29) is 18.0 Å². The molecule has 0 aliphatic carbocycles. The zero-order chi connectivity index (χ0) is 14.5. The normalized spacial score (nSPS) is 10.2. The van der Waals surface area contributed by atoms with Crippen LogP contribution in [0.3, 0.4) is 0 Å². The number of amides is 1. The minimum absolute atomic E-state index is 0.0625. The van der Waals surface area contributed by atoms with Gasteiger partial charge in [-0.1, -0.05) is 13.0 Å². The van der Waals surface area contributed by atoms with Crippen molar-refractivity contribution in [2.24, 2.45) is 0 Å². The largest absolute Gasteiger partial charge is 0.478 e. The number of aromatic carboxylic acids is 1. The molecule has 0 aliphatic heterocycles. The number of carboxylic acid groups (broad SMARTS) is 1. The topological polar surface area (TPSA) is 84.2 Å². The molecule has 0 saturated carbocycles. The van der Waals surface area contributed by atoms with E-state index in [0.29, 0.717) is 17.9 Å². The second kappa shape index (κ2) is 6.01. The Bertz CT molecular complexity index is 620. The van der Waals surface area contributed by atoms with Crippen molar-refractivity contribution in [3.8, 4) is 0 Å². The average Bonchev–Trinajstić information content (AvgIpc) is 2.82. The molecule has 0 aliphatic rings. The van der Waals surface area contributed by atoms with Gasteiger partial charge in [0.25, 0.3) is 0 Å². The lowest BCUT2D eigenvalue weighted by Gasteiger charge is -2.09. The van der Waals surface area contributed by atoms with Gasteiger partial charge in [-0.15, -0.1) is 0 Å². The molecule has 0 spiro atoms. The van der Waals surface area contributed by atoms with Gasteiger partial charge in [0.2, 0.25) is 5.91 Å². The maximum atomic E-state index is 11.9. The number of nitrogens with zero attached hydrogens (tertiary/aromatic N) is 2. The molecule has 0 bridgehead atoms. The smallest absolute Gasteiger partial charge is 0.337 e. The van der Waals surface area contributed by atoms with E-state index >= 15 is 0 Å². The fraction of sp³-hybridized carbons (Fsp3) is 0.214. The summed E-state index contributed by atoms with van der Waals surface area (Å²) in [6, 6.07) is 6.74. The van der Waals surface area contributed by atoms with Crippen molar-refractivity contribution in [2.75, 3.05) is 5.32 Å². The van der Waals surface area contributed by atoms with Crippen molar-refractivity contribution in [1.82, 2.24) is 9.55 Å². The van der Waals surface area contributed by atoms with Gasteiger partial charge in [-0.25, -0.2) is 9.78 Å². The third-order valence-electron chi connectivity index (χ3n) is 2.89. The molecule has 2 rings (SSSR count). The number of hydrogen-bond acceptors (Lipinski definition) is 3. The molecule has 6 nitrogen and oxygen atoms in total. The Labute approximate surface area is 116 Å². The van der Waals surface area contributed by atoms with Gasteiger partial charge in [-0.2, -0.15) is 0 Å². The van der Waals surface area contributed by atoms with E-state index in [1.807, 2.05) is 6.92 Å². The first-order valence-electron chi connectivity index (χ1n) is 6.24. The summed E-state index contributed by atoms with van der Waals surface area (Å²) in [5, 5.41) is 11.7. The summed E-state index contributed by atoms with van der Waals surface area (Å²) in [5.74, 6) is -0.752. The molecule has 0 radical (unpaired) electrons. The van der Waals surface area contributed by atoms with Crippen LogP contribution in [0.5, 0.6) is 0 Å². The Kier molecular flexibility index (Phi) is 4.14. The fourth-order valence-electron chi connectivity index (χ4n) is 2.02. The highest BCUT2D eigenvalue weighted by Crippen LogP contribution is 2.12. The molecular weight excluding hydrogens is 258 g/mol. The van der Waals surface area contributed by atoms with Crippen LogP contribution in [0.4, 0.5) is 5.82 Å². The van der Waals surface area contributed by atoms with Gasteiger partial charge in [0.1, 0.15) is 12.4 Å². The standard InChI is InChI=1S/C14H15N3O3/c1-2-11-10(14(19)20)6-8-17(11)9-13(18)16-12-5-3-4-7-15-12/h3-8H,2,9H2,1H3,(H,19,20)(H,15,16,18). The summed E-state index contributed by atoms with van der Waals surface area (Å²) in [7, 11) is 0. The Balaban J connectivity index is 2.10. The second-order valence-electron chi connectivity index (χ2n) is 4.23. The molecule has 1 amide bonds. The van der Waals surface area contributed by atoms with E-state index in [2.05, 4.69) is 10.3 Å². The van der Waals surface area contributed by atoms with Crippen LogP contribution in [-0.2, 0) is 17.8 Å². The van der Waals surface area contributed by atoms with Gasteiger partial charge in [-0.3, -0.25) is 4.79 Å². The summed E-state index contributed by atoms with van der Waals surface area (Å²) < 4.78 is 1.64. The van der Waals surface area contributed by atoms with E-state index in [0.717, 1.165) is 0 Å². The van der Waals surface area contributed by atoms with Gasteiger partial charge in [0.05, 0.1) is 5.56 Å². The molecule has 6 heteroatoms. The molecule has 2 N–H and O–H groups in total. The lowest BCUT2D eigenvalue weighted by molar-refractivity contribution is -0.116. The molecule has 20 heavy (non-hydrogen) atoms. The Morgan fingerprint density at radius 2 is 2.15 bits per heavy atom. The van der Waals surface area contributed by atoms with Crippen LogP contribution in [-0.4, -0.2) is 26.5 Å². The SMILES string of the molecule is CCc1c(C(=O)O)ccn1CC(=O)Nc1ccccn1. The van der Waals surface area contributed by atoms with Crippen LogP contribution in [0.2, 0.25) is 0 Å². The van der Waals surface area contributed by atoms with Crippen LogP contribution >= 0.6 is 0 Å². The number of anilines is 1. The van der Waals surface area contributed by atoms with Crippen molar-refractivity contribution in [3.63, 3.8) is 0 Å². The summed E-state index contributed by atoms with van der Waals surface area (Å²) in [5.41, 5.74) is 0.867. The molecule has 2 aromatic rings. The Morgan fingerprint density at radius 1 is 1.35 bits per heavy atom. The maximum Gasteiger partial charge on any atom is 0.337 e. The first-order valence-corrected chi connectivity index (χ1v) is 6.24. The van der Waals surface area contributed by atoms with E-state index in [1.54, 1.807) is 35.2 Å². The number of rotatable bonds is 5. The van der Waals surface area contributed by atoms with E-state index < -0.39 is 5.97 Å². The van der Waals surface area contributed by atoms with Crippen LogP contribution in [0.25, 0.3) is 0 Å². The van der Waals surface area contributed by atoms with Crippen molar-refractivity contribution in [3.05, 3.63) is 47.9 Å². The van der Waals surface area contributed by atoms with Crippen LogP contribution < -0.4 is 5.32 Å². The first-order chi connectivity index (χ1) is 9.61. The predicted octanol–water partition coefficient (Wildman–Crippen LogP) is 1.78. The van der Waals surface area contributed by atoms with Crippen molar-refractivity contribution < 1.29 is 14.7 Å². The molecule has 0 unspecified atom stereocenters. The number of hydrogen-bond donors (Lipinski definition) is 2. The Hall–Kier alpha value is -2.63. The lowest BCUT2D eigenvalue weighted by atomic mass is 10.2. The quantitative estimate of drug-likeness (QED) is 0.869. The highest BCUT2D eigenvalue weighted by atomic mass is 16.4. The molecule has 2 aromatic heterocycles. The van der Waals surface area contributed by atoms with Crippen LogP contribution in [0.1, 0.15) is 23.0 Å². The lowest BCUT2D eigenvalue weighted by Crippen LogP contribution is -2.20. The second-order valence-corrected chi connectivity index (χ2v) is 4.23. The first kappa shape index (κ1) is 13.8. The van der Waals surface area contributed by atoms with E-state index in [9.17, 15) is 9.59 Å². The van der Waals surface area contributed by atoms with Crippen LogP contribution in [0.15, 0.2) is 36.7 Å². The van der Waals surface area contributed by atoms with E-state index in [1.165, 1.54) is 6.07 Å². The van der Waals surface area contributed by atoms with Gasteiger partial charge < -0.3 is 15.0 Å². The summed E-state index contributed by atoms with van der Waals surface area (Å²) >= 11 is 0. The number of carbonyl (C=O) groups excluding carboxylic acids is 1. The monoisotopic (exact) mass is 273 g/mol. The third kappa shape index (κ3) is 3.03. The number of pyridine rings is 1. The molecule has 0 aromatic carbocycles. The molecular formula is C14H15N3O3. The Morgan fingerprint density at radius 3 is 2.75 bits per heavy atom. The van der Waals surface area contributed by atoms with E-state index in [4.69, 9.17) is 5.11 Å². The van der Waals surface area contributed by atoms with Gasteiger partial charge in [0, 0.05) is 18.1 Å². The summed E-state index contributed by atoms with van der Waals surface area (Å²) in [6.45, 7) is 1.92. The van der Waals surface area contributed by atoms with Crippen molar-refractivity contribution in [2.45, 2.75) is 19.9 Å². The van der Waals surface area contributed by atoms with Crippen molar-refractivity contribution in [1.29, 1.82) is 0 Å². The molecule has 2 heterocycles. The van der Waals surface area contributed by atoms with Crippen molar-refractivity contribution >= 4 is 17.7 Å². The van der Waals surface area contributed by atoms with Gasteiger partial charge in [0.15, 0.2) is 0 Å². The fourth-order valence-corrected chi connectivity index (χ4v) is 2.02. The zero-order valence-electron chi connectivity index (χ0n) is 11.0. The minimum atomic E-state index is -0.981. The third-order valence-corrected chi connectivity index (χ3v) is 2.89. The van der Waals surface area contributed by atoms with Crippen LogP contribution in [0, 0.1) is 0 Å². The van der Waals surface area contributed by atoms with Gasteiger partial charge >= 0.3 is 5.97 Å². The highest BCUT2D eigenvalue weighted by Gasteiger charge is 2.15. The number of aromatic nitrogens is 2. The molecule has 0 atom stereocenters. The molecule has 0 fully saturated rings. The minimum Gasteiger partial charge on any atom is -0.478 e. The predicted molar refractivity (Wildman–Crippen MR) is 73.6 cm³/mol. The average molecular weight is 273 g/mol. The summed E-state index contributed by atoms with van der Waals surface area (Å²) in [4.78, 5) is 27.0. The molecule has 0 saturated heterocycles. The maximum absolute atomic E-state index is 11.9. The highest BCUT2D eigenvalue weighted by molar-refractivity contribution is 5.91. The number of carboxylic acids is 1. The number of carbonyl (C=O) groups is 2. The number of nitrogens with one attached hydrogen (secondary N) is 1. The van der Waals surface area contributed by atoms with Gasteiger partial charge in [-0.05, 0) is 24.6 Å².